The summed E-state index contributed by atoms with van der Waals surface area (Å²) in [7, 11) is -2.30. The summed E-state index contributed by atoms with van der Waals surface area (Å²) in [6.07, 6.45) is 0. The Morgan fingerprint density at radius 1 is 1.44 bits per heavy atom. The molecule has 0 aromatic heterocycles. The Labute approximate surface area is 112 Å². The van der Waals surface area contributed by atoms with Crippen LogP contribution in [0.3, 0.4) is 0 Å². The van der Waals surface area contributed by atoms with E-state index in [1.165, 1.54) is 11.4 Å². The number of halogens is 2. The minimum atomic E-state index is -3.75. The van der Waals surface area contributed by atoms with Gasteiger partial charge >= 0.3 is 0 Å². The summed E-state index contributed by atoms with van der Waals surface area (Å²) in [5, 5.41) is -0.169. The van der Waals surface area contributed by atoms with Crippen LogP contribution in [-0.2, 0) is 10.0 Å². The van der Waals surface area contributed by atoms with Gasteiger partial charge in [0.15, 0.2) is 0 Å². The van der Waals surface area contributed by atoms with Gasteiger partial charge in [-0.05, 0) is 18.1 Å². The molecular weight excluding hydrogens is 279 g/mol. The van der Waals surface area contributed by atoms with E-state index in [2.05, 4.69) is 0 Å². The van der Waals surface area contributed by atoms with E-state index in [4.69, 9.17) is 17.3 Å². The van der Waals surface area contributed by atoms with Gasteiger partial charge in [0.05, 0.1) is 10.7 Å². The van der Waals surface area contributed by atoms with Crippen LogP contribution in [0.15, 0.2) is 17.0 Å². The van der Waals surface area contributed by atoms with Gasteiger partial charge in [-0.15, -0.1) is 0 Å². The molecule has 0 atom stereocenters. The minimum absolute atomic E-state index is 0.168. The largest absolute Gasteiger partial charge is 0.396 e. The highest BCUT2D eigenvalue weighted by molar-refractivity contribution is 7.89. The first-order chi connectivity index (χ1) is 8.16. The van der Waals surface area contributed by atoms with E-state index in [9.17, 15) is 12.8 Å². The van der Waals surface area contributed by atoms with Crippen LogP contribution in [0.1, 0.15) is 13.8 Å². The Balaban J connectivity index is 3.24. The molecule has 1 rings (SSSR count). The fourth-order valence-corrected chi connectivity index (χ4v) is 3.38. The Bertz CT molecular complexity index is 546. The molecule has 0 aliphatic carbocycles. The summed E-state index contributed by atoms with van der Waals surface area (Å²) in [4.78, 5) is -0.175. The standard InChI is InChI=1S/C11H16ClFN2O2S/c1-7(2)6-15(3)18(16,17)11-5-10(14)9(13)4-8(11)12/h4-5,7H,6,14H2,1-3H3. The maximum absolute atomic E-state index is 13.1. The van der Waals surface area contributed by atoms with Gasteiger partial charge in [-0.25, -0.2) is 17.1 Å². The van der Waals surface area contributed by atoms with Gasteiger partial charge in [-0.1, -0.05) is 25.4 Å². The predicted molar refractivity (Wildman–Crippen MR) is 70.5 cm³/mol. The van der Waals surface area contributed by atoms with Crippen molar-refractivity contribution in [3.05, 3.63) is 23.0 Å². The zero-order valence-electron chi connectivity index (χ0n) is 10.4. The zero-order valence-corrected chi connectivity index (χ0v) is 12.0. The molecule has 18 heavy (non-hydrogen) atoms. The molecule has 0 radical (unpaired) electrons. The van der Waals surface area contributed by atoms with E-state index in [1.807, 2.05) is 13.8 Å². The molecule has 0 heterocycles. The van der Waals surface area contributed by atoms with Gasteiger partial charge in [0.1, 0.15) is 10.7 Å². The average Bonchev–Trinajstić information content (AvgIpc) is 2.22. The number of hydrogen-bond acceptors (Lipinski definition) is 3. The first kappa shape index (κ1) is 15.2. The van der Waals surface area contributed by atoms with Crippen molar-refractivity contribution in [3.8, 4) is 0 Å². The van der Waals surface area contributed by atoms with Gasteiger partial charge in [0, 0.05) is 13.6 Å². The molecule has 7 heteroatoms. The van der Waals surface area contributed by atoms with Crippen LogP contribution in [0.4, 0.5) is 10.1 Å². The Morgan fingerprint density at radius 2 is 2.00 bits per heavy atom. The molecular formula is C11H16ClFN2O2S. The third-order valence-corrected chi connectivity index (χ3v) is 4.65. The van der Waals surface area contributed by atoms with Crippen molar-refractivity contribution in [2.45, 2.75) is 18.7 Å². The van der Waals surface area contributed by atoms with Crippen LogP contribution >= 0.6 is 11.6 Å². The molecule has 0 spiro atoms. The van der Waals surface area contributed by atoms with Crippen LogP contribution in [0.2, 0.25) is 5.02 Å². The summed E-state index contributed by atoms with van der Waals surface area (Å²) in [6.45, 7) is 4.13. The fraction of sp³-hybridized carbons (Fsp3) is 0.455. The smallest absolute Gasteiger partial charge is 0.244 e. The zero-order chi connectivity index (χ0) is 14.1. The van der Waals surface area contributed by atoms with Crippen LogP contribution in [0, 0.1) is 11.7 Å². The second-order valence-electron chi connectivity index (χ2n) is 4.48. The first-order valence-corrected chi connectivity index (χ1v) is 7.19. The van der Waals surface area contributed by atoms with Crippen molar-refractivity contribution < 1.29 is 12.8 Å². The summed E-state index contributed by atoms with van der Waals surface area (Å²) in [5.41, 5.74) is 5.13. The number of nitrogens with two attached hydrogens (primary N) is 1. The average molecular weight is 295 g/mol. The summed E-state index contributed by atoms with van der Waals surface area (Å²) < 4.78 is 38.7. The van der Waals surface area contributed by atoms with Crippen molar-refractivity contribution in [2.75, 3.05) is 19.3 Å². The number of hydrogen-bond donors (Lipinski definition) is 1. The summed E-state index contributed by atoms with van der Waals surface area (Å²) in [5.74, 6) is -0.563. The Hall–Kier alpha value is -0.850. The van der Waals surface area contributed by atoms with E-state index in [0.717, 1.165) is 12.1 Å². The van der Waals surface area contributed by atoms with E-state index in [1.54, 1.807) is 0 Å². The number of nitrogen functional groups attached to an aromatic ring is 1. The van der Waals surface area contributed by atoms with E-state index >= 15 is 0 Å². The second-order valence-corrected chi connectivity index (χ2v) is 6.90. The van der Waals surface area contributed by atoms with Crippen molar-refractivity contribution in [1.82, 2.24) is 4.31 Å². The molecule has 1 aromatic carbocycles. The number of rotatable bonds is 4. The molecule has 2 N–H and O–H groups in total. The minimum Gasteiger partial charge on any atom is -0.396 e. The lowest BCUT2D eigenvalue weighted by Crippen LogP contribution is -2.30. The highest BCUT2D eigenvalue weighted by Gasteiger charge is 2.25. The summed E-state index contributed by atoms with van der Waals surface area (Å²) in [6, 6.07) is 1.96. The first-order valence-electron chi connectivity index (χ1n) is 5.37. The topological polar surface area (TPSA) is 63.4 Å². The van der Waals surface area contributed by atoms with E-state index in [0.29, 0.717) is 6.54 Å². The summed E-state index contributed by atoms with van der Waals surface area (Å²) >= 11 is 5.77. The predicted octanol–water partition coefficient (Wildman–Crippen LogP) is 2.34. The molecule has 4 nitrogen and oxygen atoms in total. The van der Waals surface area contributed by atoms with Gasteiger partial charge in [-0.3, -0.25) is 0 Å². The number of sulfonamides is 1. The van der Waals surface area contributed by atoms with Gasteiger partial charge in [0.25, 0.3) is 0 Å². The van der Waals surface area contributed by atoms with Crippen LogP contribution in [-0.4, -0.2) is 26.3 Å². The lowest BCUT2D eigenvalue weighted by molar-refractivity contribution is 0.417. The van der Waals surface area contributed by atoms with Crippen LogP contribution < -0.4 is 5.73 Å². The highest BCUT2D eigenvalue weighted by Crippen LogP contribution is 2.28. The highest BCUT2D eigenvalue weighted by atomic mass is 35.5. The van der Waals surface area contributed by atoms with Crippen molar-refractivity contribution in [3.63, 3.8) is 0 Å². The maximum atomic E-state index is 13.1. The number of nitrogens with zero attached hydrogens (tertiary/aromatic N) is 1. The third kappa shape index (κ3) is 3.13. The molecule has 0 unspecified atom stereocenters. The van der Waals surface area contributed by atoms with Crippen molar-refractivity contribution >= 4 is 27.3 Å². The third-order valence-electron chi connectivity index (χ3n) is 2.36. The van der Waals surface area contributed by atoms with Crippen molar-refractivity contribution in [2.24, 2.45) is 5.92 Å². The molecule has 0 aliphatic heterocycles. The monoisotopic (exact) mass is 294 g/mol. The van der Waals surface area contributed by atoms with Crippen LogP contribution in [0.5, 0.6) is 0 Å². The number of anilines is 1. The Morgan fingerprint density at radius 3 is 2.50 bits per heavy atom. The fourth-order valence-electron chi connectivity index (χ4n) is 1.52. The van der Waals surface area contributed by atoms with Gasteiger partial charge in [0.2, 0.25) is 10.0 Å². The molecule has 102 valence electrons. The van der Waals surface area contributed by atoms with Crippen molar-refractivity contribution in [1.29, 1.82) is 0 Å². The van der Waals surface area contributed by atoms with E-state index in [-0.39, 0.29) is 21.5 Å². The Kier molecular flexibility index (Phi) is 4.58. The normalized spacial score (nSPS) is 12.4. The SMILES string of the molecule is CC(C)CN(C)S(=O)(=O)c1cc(N)c(F)cc1Cl. The molecule has 0 saturated carbocycles. The molecule has 1 aromatic rings. The van der Waals surface area contributed by atoms with Gasteiger partial charge in [-0.2, -0.15) is 0 Å². The lowest BCUT2D eigenvalue weighted by atomic mass is 10.2. The molecule has 0 fully saturated rings. The molecule has 0 saturated heterocycles. The molecule has 0 aliphatic rings. The van der Waals surface area contributed by atoms with E-state index < -0.39 is 15.8 Å². The molecule has 0 amide bonds. The number of benzene rings is 1. The quantitative estimate of drug-likeness (QED) is 0.867. The second kappa shape index (κ2) is 5.42. The lowest BCUT2D eigenvalue weighted by Gasteiger charge is -2.20. The molecule has 0 bridgehead atoms. The van der Waals surface area contributed by atoms with Gasteiger partial charge < -0.3 is 5.73 Å². The van der Waals surface area contributed by atoms with Crippen LogP contribution in [0.25, 0.3) is 0 Å². The maximum Gasteiger partial charge on any atom is 0.244 e.